The molecule has 4 heteroatoms. The monoisotopic (exact) mass is 199 g/mol. The number of anilines is 1. The largest absolute Gasteiger partial charge is 0.362 e. The van der Waals surface area contributed by atoms with E-state index in [9.17, 15) is 0 Å². The number of nitrogens with one attached hydrogen (secondary N) is 1. The molecule has 0 radical (unpaired) electrons. The average molecular weight is 199 g/mol. The Bertz CT molecular complexity index is 245. The molecule has 0 aliphatic heterocycles. The maximum absolute atomic E-state index is 4.27. The van der Waals surface area contributed by atoms with E-state index in [1.807, 2.05) is 6.20 Å². The van der Waals surface area contributed by atoms with Gasteiger partial charge in [0.15, 0.2) is 5.13 Å². The highest BCUT2D eigenvalue weighted by atomic mass is 32.1. The molecule has 0 atom stereocenters. The van der Waals surface area contributed by atoms with Gasteiger partial charge in [0.05, 0.1) is 0 Å². The first-order chi connectivity index (χ1) is 6.22. The van der Waals surface area contributed by atoms with Gasteiger partial charge in [-0.3, -0.25) is 0 Å². The van der Waals surface area contributed by atoms with Crippen LogP contribution in [0.3, 0.4) is 0 Å². The maximum atomic E-state index is 4.27. The first kappa shape index (κ1) is 10.5. The summed E-state index contributed by atoms with van der Waals surface area (Å²) in [5, 5.41) is 4.25. The predicted molar refractivity (Wildman–Crippen MR) is 58.5 cm³/mol. The summed E-state index contributed by atoms with van der Waals surface area (Å²) in [5.74, 6) is 0. The fourth-order valence-corrected chi connectivity index (χ4v) is 1.86. The van der Waals surface area contributed by atoms with Crippen molar-refractivity contribution in [3.05, 3.63) is 11.1 Å². The molecule has 0 aliphatic rings. The topological polar surface area (TPSA) is 28.2 Å². The lowest BCUT2D eigenvalue weighted by Gasteiger charge is -2.06. The molecule has 0 spiro atoms. The van der Waals surface area contributed by atoms with E-state index >= 15 is 0 Å². The minimum atomic E-state index is 0.945. The third kappa shape index (κ3) is 3.74. The Kier molecular flexibility index (Phi) is 4.18. The van der Waals surface area contributed by atoms with Crippen LogP contribution in [-0.2, 0) is 6.42 Å². The number of likely N-dealkylation sites (N-methyl/N-ethyl adjacent to an activating group) is 1. The van der Waals surface area contributed by atoms with Crippen LogP contribution in [0.5, 0.6) is 0 Å². The number of hydrogen-bond acceptors (Lipinski definition) is 4. The molecule has 0 aliphatic carbocycles. The lowest BCUT2D eigenvalue weighted by atomic mass is 10.4. The zero-order valence-corrected chi connectivity index (χ0v) is 9.32. The molecule has 74 valence electrons. The summed E-state index contributed by atoms with van der Waals surface area (Å²) >= 11 is 1.75. The fraction of sp³-hybridized carbons (Fsp3) is 0.667. The zero-order chi connectivity index (χ0) is 9.68. The highest BCUT2D eigenvalue weighted by Crippen LogP contribution is 2.17. The van der Waals surface area contributed by atoms with Crippen LogP contribution in [0.1, 0.15) is 11.8 Å². The van der Waals surface area contributed by atoms with Gasteiger partial charge in [0.25, 0.3) is 0 Å². The van der Waals surface area contributed by atoms with Crippen LogP contribution in [0.15, 0.2) is 6.20 Å². The number of thiazole rings is 1. The molecule has 0 unspecified atom stereocenters. The molecule has 0 aromatic carbocycles. The first-order valence-electron chi connectivity index (χ1n) is 4.55. The molecule has 3 nitrogen and oxygen atoms in total. The number of aromatic nitrogens is 1. The maximum Gasteiger partial charge on any atom is 0.182 e. The van der Waals surface area contributed by atoms with Gasteiger partial charge < -0.3 is 10.2 Å². The molecule has 1 heterocycles. The van der Waals surface area contributed by atoms with Gasteiger partial charge in [-0.1, -0.05) is 0 Å². The van der Waals surface area contributed by atoms with E-state index in [2.05, 4.69) is 36.2 Å². The van der Waals surface area contributed by atoms with Crippen molar-refractivity contribution >= 4 is 16.5 Å². The van der Waals surface area contributed by atoms with Gasteiger partial charge in [0.2, 0.25) is 0 Å². The number of hydrogen-bond donors (Lipinski definition) is 1. The predicted octanol–water partition coefficient (Wildman–Crippen LogP) is 1.68. The second kappa shape index (κ2) is 5.19. The molecule has 1 aromatic heterocycles. The first-order valence-corrected chi connectivity index (χ1v) is 5.37. The normalized spacial score (nSPS) is 10.8. The van der Waals surface area contributed by atoms with Crippen LogP contribution in [0, 0.1) is 0 Å². The molecule has 1 aromatic rings. The third-order valence-corrected chi connectivity index (χ3v) is 2.70. The molecule has 13 heavy (non-hydrogen) atoms. The summed E-state index contributed by atoms with van der Waals surface area (Å²) in [6.07, 6.45) is 3.06. The number of nitrogens with zero attached hydrogens (tertiary/aromatic N) is 2. The van der Waals surface area contributed by atoms with Crippen molar-refractivity contribution in [3.8, 4) is 0 Å². The van der Waals surface area contributed by atoms with Crippen molar-refractivity contribution in [3.63, 3.8) is 0 Å². The van der Waals surface area contributed by atoms with Crippen LogP contribution >= 0.6 is 11.3 Å². The van der Waals surface area contributed by atoms with Crippen molar-refractivity contribution in [1.82, 2.24) is 9.88 Å². The lowest BCUT2D eigenvalue weighted by Crippen LogP contribution is -2.14. The molecule has 0 saturated heterocycles. The Hall–Kier alpha value is -0.610. The Morgan fingerprint density at radius 2 is 2.31 bits per heavy atom. The standard InChI is InChI=1S/C9H17N3S/c1-4-10-9-11-7-8(13-9)5-6-12(2)3/h7H,4-6H2,1-3H3,(H,10,11). The van der Waals surface area contributed by atoms with Crippen molar-refractivity contribution in [2.24, 2.45) is 0 Å². The van der Waals surface area contributed by atoms with Gasteiger partial charge in [0, 0.05) is 24.2 Å². The van der Waals surface area contributed by atoms with Crippen LogP contribution in [0.4, 0.5) is 5.13 Å². The van der Waals surface area contributed by atoms with Gasteiger partial charge in [-0.25, -0.2) is 4.98 Å². The fourth-order valence-electron chi connectivity index (χ4n) is 0.990. The summed E-state index contributed by atoms with van der Waals surface area (Å²) in [7, 11) is 4.18. The van der Waals surface area contributed by atoms with E-state index in [4.69, 9.17) is 0 Å². The summed E-state index contributed by atoms with van der Waals surface area (Å²) in [6.45, 7) is 4.12. The third-order valence-electron chi connectivity index (χ3n) is 1.69. The van der Waals surface area contributed by atoms with Crippen LogP contribution in [-0.4, -0.2) is 37.1 Å². The van der Waals surface area contributed by atoms with E-state index in [-0.39, 0.29) is 0 Å². The molecule has 0 bridgehead atoms. The molecule has 1 rings (SSSR count). The van der Waals surface area contributed by atoms with Crippen molar-refractivity contribution < 1.29 is 0 Å². The minimum absolute atomic E-state index is 0.945. The highest BCUT2D eigenvalue weighted by molar-refractivity contribution is 7.15. The average Bonchev–Trinajstić information content (AvgIpc) is 2.50. The SMILES string of the molecule is CCNc1ncc(CCN(C)C)s1. The molecule has 1 N–H and O–H groups in total. The van der Waals surface area contributed by atoms with E-state index in [0.29, 0.717) is 0 Å². The lowest BCUT2D eigenvalue weighted by molar-refractivity contribution is 0.415. The summed E-state index contributed by atoms with van der Waals surface area (Å²) < 4.78 is 0. The van der Waals surface area contributed by atoms with Gasteiger partial charge in [0.1, 0.15) is 0 Å². The van der Waals surface area contributed by atoms with Crippen molar-refractivity contribution in [1.29, 1.82) is 0 Å². The molecule has 0 saturated carbocycles. The molecule has 0 amide bonds. The Morgan fingerprint density at radius 1 is 1.54 bits per heavy atom. The van der Waals surface area contributed by atoms with E-state index < -0.39 is 0 Å². The highest BCUT2D eigenvalue weighted by Gasteiger charge is 2.00. The van der Waals surface area contributed by atoms with E-state index in [1.165, 1.54) is 4.88 Å². The summed E-state index contributed by atoms with van der Waals surface area (Å²) in [5.41, 5.74) is 0. The minimum Gasteiger partial charge on any atom is -0.362 e. The van der Waals surface area contributed by atoms with Gasteiger partial charge in [-0.05, 0) is 27.4 Å². The Labute approximate surface area is 83.8 Å². The summed E-state index contributed by atoms with van der Waals surface area (Å²) in [4.78, 5) is 7.81. The molecule has 0 fully saturated rings. The Morgan fingerprint density at radius 3 is 2.92 bits per heavy atom. The van der Waals surface area contributed by atoms with Crippen LogP contribution in [0.2, 0.25) is 0 Å². The van der Waals surface area contributed by atoms with E-state index in [0.717, 1.165) is 24.6 Å². The molecular formula is C9H17N3S. The van der Waals surface area contributed by atoms with Crippen molar-refractivity contribution in [2.45, 2.75) is 13.3 Å². The van der Waals surface area contributed by atoms with Crippen LogP contribution in [0.25, 0.3) is 0 Å². The van der Waals surface area contributed by atoms with Gasteiger partial charge in [-0.15, -0.1) is 11.3 Å². The number of rotatable bonds is 5. The Balaban J connectivity index is 2.39. The smallest absolute Gasteiger partial charge is 0.182 e. The van der Waals surface area contributed by atoms with Crippen molar-refractivity contribution in [2.75, 3.05) is 32.5 Å². The molecular weight excluding hydrogens is 182 g/mol. The van der Waals surface area contributed by atoms with E-state index in [1.54, 1.807) is 11.3 Å². The second-order valence-corrected chi connectivity index (χ2v) is 4.33. The van der Waals surface area contributed by atoms with Crippen LogP contribution < -0.4 is 5.32 Å². The zero-order valence-electron chi connectivity index (χ0n) is 8.50. The quantitative estimate of drug-likeness (QED) is 0.782. The second-order valence-electron chi connectivity index (χ2n) is 3.22. The van der Waals surface area contributed by atoms with Gasteiger partial charge in [-0.2, -0.15) is 0 Å². The summed E-state index contributed by atoms with van der Waals surface area (Å²) in [6, 6.07) is 0. The van der Waals surface area contributed by atoms with Gasteiger partial charge >= 0.3 is 0 Å².